The molecule has 0 bridgehead atoms. The molecule has 2 N–H and O–H groups in total. The summed E-state index contributed by atoms with van der Waals surface area (Å²) in [5.41, 5.74) is 0. The van der Waals surface area contributed by atoms with Crippen molar-refractivity contribution < 1.29 is 71.2 Å². The molecule has 0 aromatic carbocycles. The van der Waals surface area contributed by atoms with Gasteiger partial charge in [0.25, 0.3) is 0 Å². The van der Waals surface area contributed by atoms with Crippen molar-refractivity contribution in [2.45, 2.75) is 83.7 Å². The Kier molecular flexibility index (Phi) is 20.1. The number of aliphatic hydroxyl groups is 1. The first-order valence-electron chi connectivity index (χ1n) is 8.23. The van der Waals surface area contributed by atoms with Crippen LogP contribution in [0.5, 0.6) is 0 Å². The molecule has 1 amide bonds. The van der Waals surface area contributed by atoms with Crippen molar-refractivity contribution in [1.82, 2.24) is 5.32 Å². The Morgan fingerprint density at radius 3 is 1.86 bits per heavy atom. The molecule has 0 saturated carbocycles. The number of aliphatic carboxylic acids is 1. The normalized spacial score (nSPS) is 11.5. The first kappa shape index (κ1) is 24.8. The summed E-state index contributed by atoms with van der Waals surface area (Å²) in [7, 11) is 0. The number of amides is 1. The molecule has 0 fully saturated rings. The fraction of sp³-hybridized carbons (Fsp3) is 0.875. The molecule has 0 spiro atoms. The molecule has 0 heterocycles. The van der Waals surface area contributed by atoms with E-state index in [4.69, 9.17) is 0 Å². The number of unbranched alkanes of at least 4 members (excludes halogenated alkanes) is 9. The summed E-state index contributed by atoms with van der Waals surface area (Å²) >= 11 is 0. The fourth-order valence-corrected chi connectivity index (χ4v) is 2.19. The van der Waals surface area contributed by atoms with Crippen LogP contribution in [0.3, 0.4) is 0 Å². The third kappa shape index (κ3) is 16.9. The third-order valence-corrected chi connectivity index (χ3v) is 3.49. The molecule has 5 nitrogen and oxygen atoms in total. The molecule has 0 aliphatic heterocycles. The van der Waals surface area contributed by atoms with Gasteiger partial charge in [0.2, 0.25) is 5.91 Å². The zero-order chi connectivity index (χ0) is 15.9. The quantitative estimate of drug-likeness (QED) is 0.299. The van der Waals surface area contributed by atoms with Crippen LogP contribution in [0.2, 0.25) is 0 Å². The summed E-state index contributed by atoms with van der Waals surface area (Å²) in [4.78, 5) is 21.5. The maximum absolute atomic E-state index is 11.3. The van der Waals surface area contributed by atoms with Gasteiger partial charge in [0.1, 0.15) is 6.10 Å². The van der Waals surface area contributed by atoms with Crippen molar-refractivity contribution in [3.8, 4) is 0 Å². The van der Waals surface area contributed by atoms with E-state index in [-0.39, 0.29) is 51.4 Å². The number of aliphatic hydroxyl groups excluding tert-OH is 1. The van der Waals surface area contributed by atoms with Crippen LogP contribution in [0.1, 0.15) is 77.6 Å². The van der Waals surface area contributed by atoms with Crippen molar-refractivity contribution in [1.29, 1.82) is 0 Å². The second-order valence-corrected chi connectivity index (χ2v) is 5.56. The van der Waals surface area contributed by atoms with Gasteiger partial charge in [-0.15, -0.1) is 0 Å². The smallest absolute Gasteiger partial charge is 0.550 e. The van der Waals surface area contributed by atoms with E-state index in [0.717, 1.165) is 19.3 Å². The van der Waals surface area contributed by atoms with Gasteiger partial charge in [-0.05, 0) is 6.42 Å². The van der Waals surface area contributed by atoms with Gasteiger partial charge < -0.3 is 20.3 Å². The average molecular weight is 340 g/mol. The van der Waals surface area contributed by atoms with E-state index in [1.807, 2.05) is 0 Å². The van der Waals surface area contributed by atoms with Gasteiger partial charge in [-0.3, -0.25) is 4.79 Å². The first-order valence-corrected chi connectivity index (χ1v) is 8.23. The Hall–Kier alpha value is 0.536. The van der Waals surface area contributed by atoms with Crippen molar-refractivity contribution in [3.05, 3.63) is 0 Å². The second kappa shape index (κ2) is 17.9. The Labute approximate surface area is 177 Å². The second-order valence-electron chi connectivity index (χ2n) is 5.56. The number of carbonyl (C=O) groups is 2. The van der Waals surface area contributed by atoms with Crippen molar-refractivity contribution in [2.24, 2.45) is 0 Å². The molecule has 0 aromatic rings. The van der Waals surface area contributed by atoms with Gasteiger partial charge in [-0.25, -0.2) is 0 Å². The van der Waals surface area contributed by atoms with Gasteiger partial charge in [-0.1, -0.05) is 64.7 Å². The summed E-state index contributed by atoms with van der Waals surface area (Å²) in [6.07, 6.45) is 10.0. The van der Waals surface area contributed by atoms with Crippen LogP contribution < -0.4 is 61.8 Å². The van der Waals surface area contributed by atoms with E-state index in [2.05, 4.69) is 12.2 Å². The summed E-state index contributed by atoms with van der Waals surface area (Å²) < 4.78 is 0. The number of carboxylic acids is 1. The Morgan fingerprint density at radius 2 is 1.41 bits per heavy atom. The molecule has 0 radical (unpaired) electrons. The van der Waals surface area contributed by atoms with Crippen LogP contribution in [-0.4, -0.2) is 29.6 Å². The maximum Gasteiger partial charge on any atom is 1.00 e. The topological polar surface area (TPSA) is 89.5 Å². The van der Waals surface area contributed by atoms with Crippen LogP contribution in [0, 0.1) is 0 Å². The number of hydrogen-bond acceptors (Lipinski definition) is 4. The predicted octanol–water partition coefficient (Wildman–Crippen LogP) is -1.47. The molecule has 6 heteroatoms. The largest absolute Gasteiger partial charge is 1.00 e. The van der Waals surface area contributed by atoms with Gasteiger partial charge in [-0.2, -0.15) is 0 Å². The minimum Gasteiger partial charge on any atom is -0.550 e. The predicted molar refractivity (Wildman–Crippen MR) is 80.5 cm³/mol. The van der Waals surface area contributed by atoms with Crippen molar-refractivity contribution in [2.75, 3.05) is 6.54 Å². The van der Waals surface area contributed by atoms with Gasteiger partial charge >= 0.3 is 51.4 Å². The number of rotatable bonds is 14. The Balaban J connectivity index is 0. The molecular weight excluding hydrogens is 309 g/mol. The Bertz CT molecular complexity index is 287. The molecule has 124 valence electrons. The number of hydrogen-bond donors (Lipinski definition) is 2. The van der Waals surface area contributed by atoms with Crippen LogP contribution in [0.4, 0.5) is 0 Å². The standard InChI is InChI=1S/C16H31NO4.K/c1-2-3-4-5-6-7-8-9-10-11-12-17-16(21)14(18)13-15(19)20;/h14,18H,2-13H2,1H3,(H,17,21)(H,19,20);/q;+1/p-1. The molecule has 1 atom stereocenters. The molecule has 0 aliphatic carbocycles. The van der Waals surface area contributed by atoms with E-state index >= 15 is 0 Å². The van der Waals surface area contributed by atoms with Crippen LogP contribution in [0.25, 0.3) is 0 Å². The van der Waals surface area contributed by atoms with Crippen LogP contribution >= 0.6 is 0 Å². The number of carboxylic acid groups (broad SMARTS) is 1. The molecule has 22 heavy (non-hydrogen) atoms. The zero-order valence-electron chi connectivity index (χ0n) is 14.2. The number of nitrogens with one attached hydrogen (secondary N) is 1. The first-order chi connectivity index (χ1) is 10.1. The van der Waals surface area contributed by atoms with Crippen LogP contribution in [-0.2, 0) is 9.59 Å². The summed E-state index contributed by atoms with van der Waals surface area (Å²) in [5, 5.41) is 22.0. The third-order valence-electron chi connectivity index (χ3n) is 3.49. The van der Waals surface area contributed by atoms with Gasteiger partial charge in [0.05, 0.1) is 0 Å². The Morgan fingerprint density at radius 1 is 0.955 bits per heavy atom. The summed E-state index contributed by atoms with van der Waals surface area (Å²) in [6.45, 7) is 2.70. The van der Waals surface area contributed by atoms with Gasteiger partial charge in [0, 0.05) is 18.9 Å². The zero-order valence-corrected chi connectivity index (χ0v) is 17.4. The minimum atomic E-state index is -1.50. The molecular formula is C16H30KNO4. The van der Waals surface area contributed by atoms with E-state index in [0.29, 0.717) is 6.54 Å². The van der Waals surface area contributed by atoms with E-state index in [1.54, 1.807) is 0 Å². The van der Waals surface area contributed by atoms with E-state index in [9.17, 15) is 19.8 Å². The van der Waals surface area contributed by atoms with Crippen LogP contribution in [0.15, 0.2) is 0 Å². The molecule has 0 aromatic heterocycles. The molecule has 1 unspecified atom stereocenters. The minimum absolute atomic E-state index is 0. The molecule has 0 saturated heterocycles. The van der Waals surface area contributed by atoms with Crippen molar-refractivity contribution >= 4 is 11.9 Å². The summed E-state index contributed by atoms with van der Waals surface area (Å²) in [6, 6.07) is 0. The SMILES string of the molecule is CCCCCCCCCCCCNC(=O)C(O)CC(=O)[O-].[K+]. The van der Waals surface area contributed by atoms with Gasteiger partial charge in [0.15, 0.2) is 0 Å². The maximum atomic E-state index is 11.3. The van der Waals surface area contributed by atoms with Crippen molar-refractivity contribution in [3.63, 3.8) is 0 Å². The van der Waals surface area contributed by atoms with E-state index < -0.39 is 24.4 Å². The summed E-state index contributed by atoms with van der Waals surface area (Å²) in [5.74, 6) is -2.05. The molecule has 0 rings (SSSR count). The molecule has 0 aliphatic rings. The fourth-order valence-electron chi connectivity index (χ4n) is 2.19. The monoisotopic (exact) mass is 339 g/mol. The number of carbonyl (C=O) groups excluding carboxylic acids is 2. The average Bonchev–Trinajstić information content (AvgIpc) is 2.43. The van der Waals surface area contributed by atoms with E-state index in [1.165, 1.54) is 44.9 Å².